The van der Waals surface area contributed by atoms with Crippen molar-refractivity contribution in [1.82, 2.24) is 0 Å². The van der Waals surface area contributed by atoms with Crippen molar-refractivity contribution in [3.05, 3.63) is 33.4 Å². The summed E-state index contributed by atoms with van der Waals surface area (Å²) in [5, 5.41) is 0. The van der Waals surface area contributed by atoms with Gasteiger partial charge in [-0.1, -0.05) is 12.1 Å². The molecule has 0 radical (unpaired) electrons. The van der Waals surface area contributed by atoms with Crippen LogP contribution in [0.15, 0.2) is 24.3 Å². The molecule has 66 valence electrons. The van der Waals surface area contributed by atoms with Gasteiger partial charge in [-0.25, -0.2) is 0 Å². The molecule has 0 bridgehead atoms. The number of benzene rings is 1. The minimum absolute atomic E-state index is 0. The lowest BCUT2D eigenvalue weighted by atomic mass is 10.1. The molecule has 12 heavy (non-hydrogen) atoms. The quantitative estimate of drug-likeness (QED) is 0.830. The van der Waals surface area contributed by atoms with Gasteiger partial charge < -0.3 is 5.73 Å². The SMILES string of the molecule is Cl.NC(=O)Cc1ccc(I)cc1. The van der Waals surface area contributed by atoms with E-state index < -0.39 is 0 Å². The second-order valence-electron chi connectivity index (χ2n) is 2.27. The normalized spacial score (nSPS) is 8.75. The number of amides is 1. The first-order valence-corrected chi connectivity index (χ1v) is 4.29. The van der Waals surface area contributed by atoms with E-state index in [1.54, 1.807) is 0 Å². The first kappa shape index (κ1) is 11.7. The maximum absolute atomic E-state index is 10.5. The fourth-order valence-electron chi connectivity index (χ4n) is 0.803. The van der Waals surface area contributed by atoms with Crippen LogP contribution in [0.2, 0.25) is 0 Å². The van der Waals surface area contributed by atoms with Crippen molar-refractivity contribution < 1.29 is 4.79 Å². The fourth-order valence-corrected chi connectivity index (χ4v) is 1.16. The number of rotatable bonds is 2. The van der Waals surface area contributed by atoms with E-state index in [4.69, 9.17) is 5.73 Å². The lowest BCUT2D eigenvalue weighted by Crippen LogP contribution is -2.13. The third-order valence-corrected chi connectivity index (χ3v) is 2.01. The highest BCUT2D eigenvalue weighted by atomic mass is 127. The van der Waals surface area contributed by atoms with Crippen molar-refractivity contribution >= 4 is 40.9 Å². The van der Waals surface area contributed by atoms with Crippen LogP contribution in [0.4, 0.5) is 0 Å². The Kier molecular flexibility index (Phi) is 5.24. The zero-order valence-electron chi connectivity index (χ0n) is 6.29. The predicted octanol–water partition coefficient (Wildman–Crippen LogP) is 1.74. The summed E-state index contributed by atoms with van der Waals surface area (Å²) in [5.74, 6) is -0.286. The van der Waals surface area contributed by atoms with Gasteiger partial charge in [0, 0.05) is 3.57 Å². The van der Waals surface area contributed by atoms with Gasteiger partial charge in [0.25, 0.3) is 0 Å². The molecule has 2 N–H and O–H groups in total. The Morgan fingerprint density at radius 2 is 1.83 bits per heavy atom. The van der Waals surface area contributed by atoms with Gasteiger partial charge in [-0.15, -0.1) is 12.4 Å². The van der Waals surface area contributed by atoms with Crippen molar-refractivity contribution in [1.29, 1.82) is 0 Å². The molecule has 0 fully saturated rings. The molecule has 0 unspecified atom stereocenters. The second-order valence-corrected chi connectivity index (χ2v) is 3.52. The molecule has 0 heterocycles. The van der Waals surface area contributed by atoms with E-state index in [0.717, 1.165) is 9.13 Å². The topological polar surface area (TPSA) is 43.1 Å². The molecule has 0 aliphatic rings. The number of carbonyl (C=O) groups excluding carboxylic acids is 1. The molecule has 0 aliphatic carbocycles. The number of hydrogen-bond acceptors (Lipinski definition) is 1. The minimum Gasteiger partial charge on any atom is -0.369 e. The van der Waals surface area contributed by atoms with Gasteiger partial charge in [-0.05, 0) is 40.3 Å². The van der Waals surface area contributed by atoms with E-state index in [-0.39, 0.29) is 18.3 Å². The Hall–Kier alpha value is -0.290. The average molecular weight is 298 g/mol. The van der Waals surface area contributed by atoms with Crippen LogP contribution in [0.5, 0.6) is 0 Å². The molecule has 0 saturated heterocycles. The Balaban J connectivity index is 0.00000121. The number of halogens is 2. The van der Waals surface area contributed by atoms with Crippen LogP contribution in [0.1, 0.15) is 5.56 Å². The number of hydrogen-bond donors (Lipinski definition) is 1. The summed E-state index contributed by atoms with van der Waals surface area (Å²) < 4.78 is 1.16. The third-order valence-electron chi connectivity index (χ3n) is 1.29. The lowest BCUT2D eigenvalue weighted by molar-refractivity contribution is -0.117. The smallest absolute Gasteiger partial charge is 0.221 e. The number of primary amides is 1. The van der Waals surface area contributed by atoms with Gasteiger partial charge in [0.05, 0.1) is 6.42 Å². The highest BCUT2D eigenvalue weighted by molar-refractivity contribution is 14.1. The fraction of sp³-hybridized carbons (Fsp3) is 0.125. The summed E-state index contributed by atoms with van der Waals surface area (Å²) in [6.45, 7) is 0. The Morgan fingerprint density at radius 3 is 2.25 bits per heavy atom. The van der Waals surface area contributed by atoms with Gasteiger partial charge >= 0.3 is 0 Å². The van der Waals surface area contributed by atoms with E-state index in [9.17, 15) is 4.79 Å². The zero-order valence-corrected chi connectivity index (χ0v) is 9.26. The Morgan fingerprint density at radius 1 is 1.33 bits per heavy atom. The van der Waals surface area contributed by atoms with Crippen LogP contribution in [0.3, 0.4) is 0 Å². The van der Waals surface area contributed by atoms with Gasteiger partial charge in [0.15, 0.2) is 0 Å². The van der Waals surface area contributed by atoms with Crippen molar-refractivity contribution in [3.8, 4) is 0 Å². The first-order valence-electron chi connectivity index (χ1n) is 3.21. The van der Waals surface area contributed by atoms with Gasteiger partial charge in [0.1, 0.15) is 0 Å². The molecule has 1 amide bonds. The maximum Gasteiger partial charge on any atom is 0.221 e. The van der Waals surface area contributed by atoms with Crippen molar-refractivity contribution in [2.75, 3.05) is 0 Å². The van der Waals surface area contributed by atoms with Crippen LogP contribution in [-0.4, -0.2) is 5.91 Å². The van der Waals surface area contributed by atoms with Gasteiger partial charge in [-0.3, -0.25) is 4.79 Å². The molecule has 0 saturated carbocycles. The largest absolute Gasteiger partial charge is 0.369 e. The monoisotopic (exact) mass is 297 g/mol. The van der Waals surface area contributed by atoms with Crippen molar-refractivity contribution in [2.45, 2.75) is 6.42 Å². The number of carbonyl (C=O) groups is 1. The molecule has 2 nitrogen and oxygen atoms in total. The van der Waals surface area contributed by atoms with E-state index in [0.29, 0.717) is 6.42 Å². The summed E-state index contributed by atoms with van der Waals surface area (Å²) in [6.07, 6.45) is 0.330. The van der Waals surface area contributed by atoms with Gasteiger partial charge in [0.2, 0.25) is 5.91 Å². The molecule has 0 spiro atoms. The molecular formula is C8H9ClINO. The third kappa shape index (κ3) is 3.92. The van der Waals surface area contributed by atoms with Crippen LogP contribution in [0.25, 0.3) is 0 Å². The maximum atomic E-state index is 10.5. The minimum atomic E-state index is -0.286. The Bertz CT molecular complexity index is 260. The van der Waals surface area contributed by atoms with Crippen molar-refractivity contribution in [2.24, 2.45) is 5.73 Å². The Labute approximate surface area is 91.1 Å². The van der Waals surface area contributed by atoms with Crippen molar-refractivity contribution in [3.63, 3.8) is 0 Å². The summed E-state index contributed by atoms with van der Waals surface area (Å²) in [7, 11) is 0. The van der Waals surface area contributed by atoms with Crippen LogP contribution in [0, 0.1) is 3.57 Å². The van der Waals surface area contributed by atoms with Crippen LogP contribution in [-0.2, 0) is 11.2 Å². The molecule has 0 atom stereocenters. The van der Waals surface area contributed by atoms with E-state index >= 15 is 0 Å². The molecular weight excluding hydrogens is 288 g/mol. The highest BCUT2D eigenvalue weighted by Crippen LogP contribution is 2.06. The molecule has 4 heteroatoms. The summed E-state index contributed by atoms with van der Waals surface area (Å²) in [6, 6.07) is 7.73. The van der Waals surface area contributed by atoms with Crippen LogP contribution < -0.4 is 5.73 Å². The molecule has 1 rings (SSSR count). The summed E-state index contributed by atoms with van der Waals surface area (Å²) >= 11 is 2.21. The van der Waals surface area contributed by atoms with Gasteiger partial charge in [-0.2, -0.15) is 0 Å². The number of nitrogens with two attached hydrogens (primary N) is 1. The lowest BCUT2D eigenvalue weighted by Gasteiger charge is -1.96. The zero-order chi connectivity index (χ0) is 8.27. The molecule has 0 aliphatic heterocycles. The first-order chi connectivity index (χ1) is 5.18. The summed E-state index contributed by atoms with van der Waals surface area (Å²) in [4.78, 5) is 10.5. The molecule has 1 aromatic carbocycles. The standard InChI is InChI=1S/C8H8INO.ClH/c9-7-3-1-6(2-4-7)5-8(10)11;/h1-4H,5H2,(H2,10,11);1H. The van der Waals surface area contributed by atoms with E-state index in [1.165, 1.54) is 0 Å². The average Bonchev–Trinajstić information content (AvgIpc) is 1.93. The molecule has 1 aromatic rings. The van der Waals surface area contributed by atoms with E-state index in [1.807, 2.05) is 24.3 Å². The highest BCUT2D eigenvalue weighted by Gasteiger charge is 1.96. The summed E-state index contributed by atoms with van der Waals surface area (Å²) in [5.41, 5.74) is 5.99. The predicted molar refractivity (Wildman–Crippen MR) is 59.3 cm³/mol. The second kappa shape index (κ2) is 5.37. The van der Waals surface area contributed by atoms with E-state index in [2.05, 4.69) is 22.6 Å². The molecule has 0 aromatic heterocycles. The van der Waals surface area contributed by atoms with Crippen LogP contribution >= 0.6 is 35.0 Å².